The van der Waals surface area contributed by atoms with Crippen LogP contribution in [0.2, 0.25) is 0 Å². The number of benzene rings is 1. The quantitative estimate of drug-likeness (QED) is 0.789. The largest absolute Gasteiger partial charge is 0.494 e. The zero-order chi connectivity index (χ0) is 11.4. The van der Waals surface area contributed by atoms with Crippen molar-refractivity contribution in [3.63, 3.8) is 0 Å². The molecule has 5 heteroatoms. The van der Waals surface area contributed by atoms with Crippen LogP contribution in [0.15, 0.2) is 18.2 Å². The van der Waals surface area contributed by atoms with Gasteiger partial charge in [0.2, 0.25) is 5.91 Å². The molecule has 0 bridgehead atoms. The SMILES string of the molecule is COc1cc(NC(=O)C(C)N)ccc1F. The lowest BCUT2D eigenvalue weighted by molar-refractivity contribution is -0.117. The van der Waals surface area contributed by atoms with E-state index in [1.807, 2.05) is 0 Å². The molecule has 0 aliphatic carbocycles. The summed E-state index contributed by atoms with van der Waals surface area (Å²) in [5.41, 5.74) is 5.82. The van der Waals surface area contributed by atoms with Crippen molar-refractivity contribution in [1.82, 2.24) is 0 Å². The van der Waals surface area contributed by atoms with Gasteiger partial charge in [0.15, 0.2) is 11.6 Å². The van der Waals surface area contributed by atoms with Gasteiger partial charge in [-0.05, 0) is 19.1 Å². The first-order valence-electron chi connectivity index (χ1n) is 4.44. The molecule has 0 spiro atoms. The lowest BCUT2D eigenvalue weighted by Gasteiger charge is -2.09. The van der Waals surface area contributed by atoms with E-state index in [0.29, 0.717) is 5.69 Å². The van der Waals surface area contributed by atoms with Gasteiger partial charge in [-0.1, -0.05) is 0 Å². The normalized spacial score (nSPS) is 12.0. The molecule has 0 aliphatic rings. The van der Waals surface area contributed by atoms with Crippen LogP contribution in [-0.4, -0.2) is 19.1 Å². The Hall–Kier alpha value is -1.62. The maximum absolute atomic E-state index is 13.0. The number of hydrogen-bond acceptors (Lipinski definition) is 3. The molecule has 0 saturated carbocycles. The van der Waals surface area contributed by atoms with Crippen molar-refractivity contribution in [3.8, 4) is 5.75 Å². The summed E-state index contributed by atoms with van der Waals surface area (Å²) in [4.78, 5) is 11.2. The van der Waals surface area contributed by atoms with Crippen molar-refractivity contribution in [2.45, 2.75) is 13.0 Å². The van der Waals surface area contributed by atoms with Crippen molar-refractivity contribution in [1.29, 1.82) is 0 Å². The molecule has 3 N–H and O–H groups in total. The highest BCUT2D eigenvalue weighted by atomic mass is 19.1. The Morgan fingerprint density at radius 1 is 1.60 bits per heavy atom. The summed E-state index contributed by atoms with van der Waals surface area (Å²) < 4.78 is 17.8. The van der Waals surface area contributed by atoms with E-state index in [1.165, 1.54) is 25.3 Å². The number of carbonyl (C=O) groups is 1. The molecule has 0 fully saturated rings. The second kappa shape index (κ2) is 4.75. The minimum absolute atomic E-state index is 0.0810. The van der Waals surface area contributed by atoms with Gasteiger partial charge in [0.05, 0.1) is 13.2 Å². The summed E-state index contributed by atoms with van der Waals surface area (Å²) in [6.07, 6.45) is 0. The van der Waals surface area contributed by atoms with E-state index in [1.54, 1.807) is 6.92 Å². The van der Waals surface area contributed by atoms with Crippen LogP contribution < -0.4 is 15.8 Å². The number of carbonyl (C=O) groups excluding carboxylic acids is 1. The molecule has 15 heavy (non-hydrogen) atoms. The van der Waals surface area contributed by atoms with Crippen molar-refractivity contribution in [2.24, 2.45) is 5.73 Å². The van der Waals surface area contributed by atoms with Crippen LogP contribution in [0, 0.1) is 5.82 Å². The third-order valence-electron chi connectivity index (χ3n) is 1.83. The van der Waals surface area contributed by atoms with E-state index >= 15 is 0 Å². The molecule has 1 aromatic carbocycles. The number of hydrogen-bond donors (Lipinski definition) is 2. The van der Waals surface area contributed by atoms with Gasteiger partial charge in [0.25, 0.3) is 0 Å². The molecule has 1 aromatic rings. The predicted octanol–water partition coefficient (Wildman–Crippen LogP) is 1.12. The molecular weight excluding hydrogens is 199 g/mol. The third kappa shape index (κ3) is 2.92. The van der Waals surface area contributed by atoms with Gasteiger partial charge in [-0.25, -0.2) is 4.39 Å². The Morgan fingerprint density at radius 2 is 2.27 bits per heavy atom. The summed E-state index contributed by atoms with van der Waals surface area (Å²) in [7, 11) is 1.36. The lowest BCUT2D eigenvalue weighted by atomic mass is 10.2. The summed E-state index contributed by atoms with van der Waals surface area (Å²) >= 11 is 0. The number of nitrogens with one attached hydrogen (secondary N) is 1. The average Bonchev–Trinajstić information content (AvgIpc) is 2.20. The molecule has 4 nitrogen and oxygen atoms in total. The lowest BCUT2D eigenvalue weighted by Crippen LogP contribution is -2.32. The van der Waals surface area contributed by atoms with Gasteiger partial charge in [0, 0.05) is 11.8 Å². The molecule has 82 valence electrons. The predicted molar refractivity (Wildman–Crippen MR) is 55.2 cm³/mol. The van der Waals surface area contributed by atoms with Crippen LogP contribution in [0.4, 0.5) is 10.1 Å². The van der Waals surface area contributed by atoms with Crippen LogP contribution in [0.3, 0.4) is 0 Å². The van der Waals surface area contributed by atoms with Gasteiger partial charge in [0.1, 0.15) is 0 Å². The van der Waals surface area contributed by atoms with E-state index < -0.39 is 11.9 Å². The number of halogens is 1. The topological polar surface area (TPSA) is 64.3 Å². The van der Waals surface area contributed by atoms with Crippen molar-refractivity contribution in [3.05, 3.63) is 24.0 Å². The van der Waals surface area contributed by atoms with Gasteiger partial charge >= 0.3 is 0 Å². The van der Waals surface area contributed by atoms with Crippen molar-refractivity contribution >= 4 is 11.6 Å². The molecule has 1 unspecified atom stereocenters. The zero-order valence-corrected chi connectivity index (χ0v) is 8.58. The highest BCUT2D eigenvalue weighted by Crippen LogP contribution is 2.21. The molecule has 0 aromatic heterocycles. The molecule has 0 radical (unpaired) electrons. The Kier molecular flexibility index (Phi) is 3.62. The maximum Gasteiger partial charge on any atom is 0.241 e. The summed E-state index contributed by atoms with van der Waals surface area (Å²) in [5.74, 6) is -0.725. The number of rotatable bonds is 3. The van der Waals surface area contributed by atoms with Crippen molar-refractivity contribution in [2.75, 3.05) is 12.4 Å². The highest BCUT2D eigenvalue weighted by molar-refractivity contribution is 5.94. The monoisotopic (exact) mass is 212 g/mol. The maximum atomic E-state index is 13.0. The Balaban J connectivity index is 2.83. The molecule has 0 heterocycles. The minimum Gasteiger partial charge on any atom is -0.494 e. The van der Waals surface area contributed by atoms with E-state index in [0.717, 1.165) is 0 Å². The standard InChI is InChI=1S/C10H13FN2O2/c1-6(12)10(14)13-7-3-4-8(11)9(5-7)15-2/h3-6H,12H2,1-2H3,(H,13,14). The van der Waals surface area contributed by atoms with Gasteiger partial charge < -0.3 is 15.8 Å². The number of ether oxygens (including phenoxy) is 1. The fourth-order valence-corrected chi connectivity index (χ4v) is 0.994. The molecule has 1 amide bonds. The second-order valence-corrected chi connectivity index (χ2v) is 3.13. The fourth-order valence-electron chi connectivity index (χ4n) is 0.994. The molecule has 0 saturated heterocycles. The van der Waals surface area contributed by atoms with Crippen LogP contribution in [-0.2, 0) is 4.79 Å². The molecule has 0 aliphatic heterocycles. The molecule has 1 rings (SSSR count). The van der Waals surface area contributed by atoms with Gasteiger partial charge in [-0.2, -0.15) is 0 Å². The van der Waals surface area contributed by atoms with Crippen LogP contribution in [0.5, 0.6) is 5.75 Å². The second-order valence-electron chi connectivity index (χ2n) is 3.13. The third-order valence-corrected chi connectivity index (χ3v) is 1.83. The molecular formula is C10H13FN2O2. The summed E-state index contributed by atoms with van der Waals surface area (Å²) in [5, 5.41) is 2.53. The fraction of sp³-hybridized carbons (Fsp3) is 0.300. The average molecular weight is 212 g/mol. The van der Waals surface area contributed by atoms with Crippen LogP contribution >= 0.6 is 0 Å². The summed E-state index contributed by atoms with van der Waals surface area (Å²) in [6, 6.07) is 3.45. The van der Waals surface area contributed by atoms with Crippen LogP contribution in [0.1, 0.15) is 6.92 Å². The van der Waals surface area contributed by atoms with E-state index in [2.05, 4.69) is 5.32 Å². The number of anilines is 1. The molecule has 1 atom stereocenters. The van der Waals surface area contributed by atoms with Crippen molar-refractivity contribution < 1.29 is 13.9 Å². The first kappa shape index (κ1) is 11.5. The smallest absolute Gasteiger partial charge is 0.241 e. The number of methoxy groups -OCH3 is 1. The van der Waals surface area contributed by atoms with Crippen LogP contribution in [0.25, 0.3) is 0 Å². The minimum atomic E-state index is -0.610. The number of amides is 1. The highest BCUT2D eigenvalue weighted by Gasteiger charge is 2.09. The first-order chi connectivity index (χ1) is 7.04. The Labute approximate surface area is 87.2 Å². The van der Waals surface area contributed by atoms with E-state index in [-0.39, 0.29) is 11.7 Å². The van der Waals surface area contributed by atoms with E-state index in [4.69, 9.17) is 10.5 Å². The van der Waals surface area contributed by atoms with E-state index in [9.17, 15) is 9.18 Å². The van der Waals surface area contributed by atoms with Gasteiger partial charge in [-0.3, -0.25) is 4.79 Å². The zero-order valence-electron chi connectivity index (χ0n) is 8.58. The Morgan fingerprint density at radius 3 is 2.80 bits per heavy atom. The summed E-state index contributed by atoms with van der Waals surface area (Å²) in [6.45, 7) is 1.57. The first-order valence-corrected chi connectivity index (χ1v) is 4.44. The number of nitrogens with two attached hydrogens (primary N) is 1. The Bertz CT molecular complexity index is 366. The van der Waals surface area contributed by atoms with Gasteiger partial charge in [-0.15, -0.1) is 0 Å².